The molecule has 3 rings (SSSR count). The van der Waals surface area contributed by atoms with E-state index in [-0.39, 0.29) is 11.7 Å². The first-order chi connectivity index (χ1) is 12.0. The van der Waals surface area contributed by atoms with E-state index in [1.54, 1.807) is 18.2 Å². The summed E-state index contributed by atoms with van der Waals surface area (Å²) in [7, 11) is 0. The van der Waals surface area contributed by atoms with E-state index in [0.717, 1.165) is 11.3 Å². The SMILES string of the molecule is Cc1ccc(Nc2cc(C(=O)Nc3ccc(F)cc3)ccn2)cc1Cl. The predicted molar refractivity (Wildman–Crippen MR) is 98.1 cm³/mol. The molecule has 0 aliphatic rings. The van der Waals surface area contributed by atoms with Gasteiger partial charge in [0.25, 0.3) is 5.91 Å². The summed E-state index contributed by atoms with van der Waals surface area (Å²) in [6.45, 7) is 1.92. The highest BCUT2D eigenvalue weighted by atomic mass is 35.5. The largest absolute Gasteiger partial charge is 0.340 e. The molecule has 0 aliphatic heterocycles. The molecule has 0 bridgehead atoms. The minimum atomic E-state index is -0.356. The lowest BCUT2D eigenvalue weighted by Crippen LogP contribution is -2.12. The van der Waals surface area contributed by atoms with Crippen LogP contribution in [0.2, 0.25) is 5.02 Å². The van der Waals surface area contributed by atoms with E-state index in [1.165, 1.54) is 30.5 Å². The van der Waals surface area contributed by atoms with Crippen LogP contribution in [0.25, 0.3) is 0 Å². The Balaban J connectivity index is 1.75. The Hall–Kier alpha value is -2.92. The van der Waals surface area contributed by atoms with Crippen molar-refractivity contribution in [3.05, 3.63) is 82.8 Å². The van der Waals surface area contributed by atoms with Crippen molar-refractivity contribution >= 4 is 34.7 Å². The number of rotatable bonds is 4. The topological polar surface area (TPSA) is 54.0 Å². The van der Waals surface area contributed by atoms with E-state index in [1.807, 2.05) is 19.1 Å². The molecule has 1 aromatic heterocycles. The third kappa shape index (κ3) is 4.33. The van der Waals surface area contributed by atoms with Gasteiger partial charge >= 0.3 is 0 Å². The van der Waals surface area contributed by atoms with Crippen LogP contribution in [0.4, 0.5) is 21.6 Å². The third-order valence-electron chi connectivity index (χ3n) is 3.57. The third-order valence-corrected chi connectivity index (χ3v) is 3.98. The van der Waals surface area contributed by atoms with Crippen LogP contribution in [0.5, 0.6) is 0 Å². The first kappa shape index (κ1) is 16.9. The predicted octanol–water partition coefficient (Wildman–Crippen LogP) is 5.18. The molecule has 6 heteroatoms. The average molecular weight is 356 g/mol. The normalized spacial score (nSPS) is 10.4. The molecule has 2 N–H and O–H groups in total. The zero-order valence-corrected chi connectivity index (χ0v) is 14.1. The van der Waals surface area contributed by atoms with Crippen LogP contribution < -0.4 is 10.6 Å². The van der Waals surface area contributed by atoms with Crippen molar-refractivity contribution in [2.45, 2.75) is 6.92 Å². The van der Waals surface area contributed by atoms with Crippen molar-refractivity contribution in [1.82, 2.24) is 4.98 Å². The molecular weight excluding hydrogens is 341 g/mol. The number of halogens is 2. The van der Waals surface area contributed by atoms with E-state index < -0.39 is 0 Å². The van der Waals surface area contributed by atoms with E-state index in [2.05, 4.69) is 15.6 Å². The number of nitrogens with one attached hydrogen (secondary N) is 2. The molecule has 2 aromatic carbocycles. The zero-order chi connectivity index (χ0) is 17.8. The summed E-state index contributed by atoms with van der Waals surface area (Å²) < 4.78 is 12.9. The number of carbonyl (C=O) groups is 1. The molecule has 0 radical (unpaired) electrons. The molecule has 0 saturated heterocycles. The molecule has 4 nitrogen and oxygen atoms in total. The van der Waals surface area contributed by atoms with Crippen LogP contribution in [-0.2, 0) is 0 Å². The molecule has 0 saturated carbocycles. The van der Waals surface area contributed by atoms with E-state index >= 15 is 0 Å². The Kier molecular flexibility index (Phi) is 4.95. The van der Waals surface area contributed by atoms with Gasteiger partial charge in [-0.15, -0.1) is 0 Å². The maximum absolute atomic E-state index is 12.9. The Morgan fingerprint density at radius 2 is 1.76 bits per heavy atom. The molecule has 1 amide bonds. The van der Waals surface area contributed by atoms with Crippen molar-refractivity contribution in [2.24, 2.45) is 0 Å². The number of aryl methyl sites for hydroxylation is 1. The standard InChI is InChI=1S/C19H15ClFN3O/c1-12-2-5-16(11-17(12)20)23-18-10-13(8-9-22-18)19(25)24-15-6-3-14(21)4-7-15/h2-11H,1H3,(H,22,23)(H,24,25). The summed E-state index contributed by atoms with van der Waals surface area (Å²) in [5.41, 5.74) is 2.70. The van der Waals surface area contributed by atoms with E-state index in [4.69, 9.17) is 11.6 Å². The smallest absolute Gasteiger partial charge is 0.255 e. The van der Waals surface area contributed by atoms with Crippen LogP contribution >= 0.6 is 11.6 Å². The second-order valence-corrected chi connectivity index (χ2v) is 5.89. The zero-order valence-electron chi connectivity index (χ0n) is 13.4. The van der Waals surface area contributed by atoms with Crippen LogP contribution in [0, 0.1) is 12.7 Å². The summed E-state index contributed by atoms with van der Waals surface area (Å²) in [5, 5.41) is 6.47. The van der Waals surface area contributed by atoms with Crippen LogP contribution in [0.1, 0.15) is 15.9 Å². The van der Waals surface area contributed by atoms with Crippen LogP contribution in [0.15, 0.2) is 60.8 Å². The Morgan fingerprint density at radius 1 is 1.04 bits per heavy atom. The van der Waals surface area contributed by atoms with Crippen molar-refractivity contribution < 1.29 is 9.18 Å². The molecule has 126 valence electrons. The maximum Gasteiger partial charge on any atom is 0.255 e. The Morgan fingerprint density at radius 3 is 2.48 bits per heavy atom. The molecule has 0 atom stereocenters. The van der Waals surface area contributed by atoms with Crippen molar-refractivity contribution in [3.8, 4) is 0 Å². The van der Waals surface area contributed by atoms with Gasteiger partial charge < -0.3 is 10.6 Å². The lowest BCUT2D eigenvalue weighted by Gasteiger charge is -2.09. The van der Waals surface area contributed by atoms with Gasteiger partial charge in [0.1, 0.15) is 11.6 Å². The van der Waals surface area contributed by atoms with Gasteiger partial charge in [-0.2, -0.15) is 0 Å². The Labute approximate surface area is 149 Å². The number of amides is 1. The molecule has 3 aromatic rings. The first-order valence-electron chi connectivity index (χ1n) is 7.57. The molecule has 25 heavy (non-hydrogen) atoms. The minimum absolute atomic E-state index is 0.306. The van der Waals surface area contributed by atoms with Gasteiger partial charge in [-0.25, -0.2) is 9.37 Å². The minimum Gasteiger partial charge on any atom is -0.340 e. The lowest BCUT2D eigenvalue weighted by molar-refractivity contribution is 0.102. The second kappa shape index (κ2) is 7.32. The Bertz CT molecular complexity index is 913. The number of hydrogen-bond acceptors (Lipinski definition) is 3. The molecule has 0 fully saturated rings. The number of carbonyl (C=O) groups excluding carboxylic acids is 1. The molecular formula is C19H15ClFN3O. The molecule has 0 aliphatic carbocycles. The summed E-state index contributed by atoms with van der Waals surface area (Å²) in [6, 6.07) is 14.4. The summed E-state index contributed by atoms with van der Waals surface area (Å²) >= 11 is 6.11. The highest BCUT2D eigenvalue weighted by Crippen LogP contribution is 2.23. The quantitative estimate of drug-likeness (QED) is 0.678. The van der Waals surface area contributed by atoms with Crippen molar-refractivity contribution in [1.29, 1.82) is 0 Å². The fraction of sp³-hybridized carbons (Fsp3) is 0.0526. The number of pyridine rings is 1. The van der Waals surface area contributed by atoms with Gasteiger partial charge in [0, 0.05) is 28.2 Å². The molecule has 0 unspecified atom stereocenters. The van der Waals surface area contributed by atoms with Crippen molar-refractivity contribution in [2.75, 3.05) is 10.6 Å². The lowest BCUT2D eigenvalue weighted by atomic mass is 10.2. The fourth-order valence-electron chi connectivity index (χ4n) is 2.20. The highest BCUT2D eigenvalue weighted by molar-refractivity contribution is 6.31. The summed E-state index contributed by atoms with van der Waals surface area (Å²) in [5.74, 6) is -0.143. The number of nitrogens with zero attached hydrogens (tertiary/aromatic N) is 1. The van der Waals surface area contributed by atoms with Gasteiger partial charge in [0.2, 0.25) is 0 Å². The van der Waals surface area contributed by atoms with Gasteiger partial charge in [-0.1, -0.05) is 17.7 Å². The van der Waals surface area contributed by atoms with Crippen molar-refractivity contribution in [3.63, 3.8) is 0 Å². The van der Waals surface area contributed by atoms with Crippen LogP contribution in [0.3, 0.4) is 0 Å². The number of aromatic nitrogens is 1. The number of hydrogen-bond donors (Lipinski definition) is 2. The van der Waals surface area contributed by atoms with E-state index in [9.17, 15) is 9.18 Å². The number of benzene rings is 2. The second-order valence-electron chi connectivity index (χ2n) is 5.48. The first-order valence-corrected chi connectivity index (χ1v) is 7.95. The van der Waals surface area contributed by atoms with Gasteiger partial charge in [-0.3, -0.25) is 4.79 Å². The monoisotopic (exact) mass is 355 g/mol. The molecule has 1 heterocycles. The van der Waals surface area contributed by atoms with Gasteiger partial charge in [-0.05, 0) is 61.0 Å². The summed E-state index contributed by atoms with van der Waals surface area (Å²) in [6.07, 6.45) is 1.54. The summed E-state index contributed by atoms with van der Waals surface area (Å²) in [4.78, 5) is 16.5. The maximum atomic E-state index is 12.9. The fourth-order valence-corrected chi connectivity index (χ4v) is 2.38. The molecule has 0 spiro atoms. The highest BCUT2D eigenvalue weighted by Gasteiger charge is 2.08. The van der Waals surface area contributed by atoms with Gasteiger partial charge in [0.05, 0.1) is 0 Å². The average Bonchev–Trinajstić information content (AvgIpc) is 2.60. The number of anilines is 3. The van der Waals surface area contributed by atoms with Gasteiger partial charge in [0.15, 0.2) is 0 Å². The van der Waals surface area contributed by atoms with Crippen LogP contribution in [-0.4, -0.2) is 10.9 Å². The van der Waals surface area contributed by atoms with E-state index in [0.29, 0.717) is 22.1 Å².